The summed E-state index contributed by atoms with van der Waals surface area (Å²) >= 11 is 0. The first kappa shape index (κ1) is 10.7. The molecule has 0 unspecified atom stereocenters. The summed E-state index contributed by atoms with van der Waals surface area (Å²) < 4.78 is 0. The quantitative estimate of drug-likeness (QED) is 0.661. The molecule has 0 heterocycles. The molecule has 0 saturated carbocycles. The second kappa shape index (κ2) is 4.55. The van der Waals surface area contributed by atoms with E-state index in [4.69, 9.17) is 0 Å². The number of aliphatic hydroxyl groups is 1. The highest BCUT2D eigenvalue weighted by molar-refractivity contribution is 4.99. The molecule has 0 saturated heterocycles. The van der Waals surface area contributed by atoms with Gasteiger partial charge in [-0.15, -0.1) is 0 Å². The molecule has 0 aliphatic heterocycles. The van der Waals surface area contributed by atoms with Crippen molar-refractivity contribution < 1.29 is 5.11 Å². The van der Waals surface area contributed by atoms with E-state index >= 15 is 0 Å². The molecule has 65 valence electrons. The molecule has 0 aliphatic rings. The molecule has 0 amide bonds. The van der Waals surface area contributed by atoms with Crippen molar-refractivity contribution in [1.29, 1.82) is 0 Å². The molecular weight excluding hydrogens is 136 g/mol. The van der Waals surface area contributed by atoms with E-state index in [0.29, 0.717) is 0 Å². The van der Waals surface area contributed by atoms with Crippen molar-refractivity contribution in [2.45, 2.75) is 45.6 Å². The predicted octanol–water partition coefficient (Wildman–Crippen LogP) is 2.71. The van der Waals surface area contributed by atoms with Crippen LogP contribution in [0.5, 0.6) is 0 Å². The van der Waals surface area contributed by atoms with Crippen LogP contribution in [0.4, 0.5) is 0 Å². The molecule has 0 aromatic heterocycles. The van der Waals surface area contributed by atoms with Crippen molar-refractivity contribution in [3.05, 3.63) is 18.6 Å². The van der Waals surface area contributed by atoms with E-state index in [-0.39, 0.29) is 0 Å². The van der Waals surface area contributed by atoms with Crippen molar-refractivity contribution in [2.24, 2.45) is 0 Å². The summed E-state index contributed by atoms with van der Waals surface area (Å²) in [5, 5.41) is 9.37. The van der Waals surface area contributed by atoms with E-state index < -0.39 is 5.60 Å². The Morgan fingerprint density at radius 1 is 1.55 bits per heavy atom. The summed E-state index contributed by atoms with van der Waals surface area (Å²) in [5.74, 6) is 0. The van der Waals surface area contributed by atoms with Crippen LogP contribution in [-0.4, -0.2) is 10.7 Å². The van der Waals surface area contributed by atoms with Gasteiger partial charge in [-0.05, 0) is 47.0 Å². The topological polar surface area (TPSA) is 20.2 Å². The summed E-state index contributed by atoms with van der Waals surface area (Å²) in [5.41, 5.74) is 0.788. The van der Waals surface area contributed by atoms with Crippen molar-refractivity contribution >= 4 is 0 Å². The maximum Gasteiger partial charge on any atom is 0.0591 e. The lowest BCUT2D eigenvalue weighted by Gasteiger charge is -2.16. The third-order valence-corrected chi connectivity index (χ3v) is 1.71. The van der Waals surface area contributed by atoms with Crippen molar-refractivity contribution in [2.75, 3.05) is 0 Å². The first-order valence-electron chi connectivity index (χ1n) is 4.13. The van der Waals surface area contributed by atoms with Gasteiger partial charge in [0.05, 0.1) is 5.60 Å². The van der Waals surface area contributed by atoms with Gasteiger partial charge in [0, 0.05) is 0 Å². The van der Waals surface area contributed by atoms with E-state index in [1.807, 2.05) is 19.9 Å². The highest BCUT2D eigenvalue weighted by Crippen LogP contribution is 2.14. The molecule has 1 N–H and O–H groups in total. The molecule has 0 aromatic carbocycles. The van der Waals surface area contributed by atoms with Gasteiger partial charge in [-0.2, -0.15) is 0 Å². The zero-order chi connectivity index (χ0) is 8.91. The van der Waals surface area contributed by atoms with Gasteiger partial charge >= 0.3 is 0 Å². The zero-order valence-corrected chi connectivity index (χ0v) is 7.85. The van der Waals surface area contributed by atoms with E-state index in [2.05, 4.69) is 13.8 Å². The van der Waals surface area contributed by atoms with Crippen LogP contribution in [0.1, 0.15) is 40.0 Å². The lowest BCUT2D eigenvalue weighted by atomic mass is 9.99. The number of allylic oxidation sites excluding steroid dienone is 2. The minimum absolute atomic E-state index is 0.512. The van der Waals surface area contributed by atoms with Gasteiger partial charge in [0.25, 0.3) is 0 Å². The standard InChI is InChI=1S/C10H19O/c1-5-9(2)7-6-8-10(3,4)11/h5,11H,1,6-8H2,2-4H3. The summed E-state index contributed by atoms with van der Waals surface area (Å²) in [6.45, 7) is 9.43. The van der Waals surface area contributed by atoms with Crippen LogP contribution < -0.4 is 0 Å². The largest absolute Gasteiger partial charge is 0.390 e. The average molecular weight is 155 g/mol. The molecule has 1 nitrogen and oxygen atoms in total. The molecule has 0 atom stereocenters. The normalized spacial score (nSPS) is 13.7. The van der Waals surface area contributed by atoms with Crippen LogP contribution in [0, 0.1) is 6.92 Å². The Hall–Kier alpha value is -0.300. The molecular formula is C10H19O. The van der Waals surface area contributed by atoms with Gasteiger partial charge in [0.15, 0.2) is 0 Å². The summed E-state index contributed by atoms with van der Waals surface area (Å²) in [6, 6.07) is 0. The average Bonchev–Trinajstić information content (AvgIpc) is 1.85. The first-order chi connectivity index (χ1) is 4.95. The number of hydrogen-bond donors (Lipinski definition) is 1. The molecule has 0 aromatic rings. The van der Waals surface area contributed by atoms with Gasteiger partial charge in [0.1, 0.15) is 0 Å². The predicted molar refractivity (Wildman–Crippen MR) is 49.3 cm³/mol. The van der Waals surface area contributed by atoms with Crippen LogP contribution in [0.25, 0.3) is 0 Å². The Kier molecular flexibility index (Phi) is 4.43. The first-order valence-corrected chi connectivity index (χ1v) is 4.13. The maximum atomic E-state index is 9.37. The van der Waals surface area contributed by atoms with Gasteiger partial charge in [-0.3, -0.25) is 0 Å². The lowest BCUT2D eigenvalue weighted by molar-refractivity contribution is 0.0689. The Labute approximate surface area is 70.1 Å². The van der Waals surface area contributed by atoms with Crippen molar-refractivity contribution in [1.82, 2.24) is 0 Å². The van der Waals surface area contributed by atoms with E-state index in [1.165, 1.54) is 5.57 Å². The van der Waals surface area contributed by atoms with Gasteiger partial charge < -0.3 is 5.11 Å². The van der Waals surface area contributed by atoms with Crippen LogP contribution in [0.15, 0.2) is 11.6 Å². The Morgan fingerprint density at radius 3 is 2.45 bits per heavy atom. The monoisotopic (exact) mass is 155 g/mol. The minimum Gasteiger partial charge on any atom is -0.390 e. The molecule has 1 heteroatoms. The Balaban J connectivity index is 3.43. The molecule has 11 heavy (non-hydrogen) atoms. The summed E-state index contributed by atoms with van der Waals surface area (Å²) in [6.07, 6.45) is 4.83. The molecule has 0 fully saturated rings. The lowest BCUT2D eigenvalue weighted by Crippen LogP contribution is -2.17. The Morgan fingerprint density at radius 2 is 2.09 bits per heavy atom. The van der Waals surface area contributed by atoms with Crippen molar-refractivity contribution in [3.8, 4) is 0 Å². The Bertz CT molecular complexity index is 128. The molecule has 0 aliphatic carbocycles. The molecule has 0 bridgehead atoms. The van der Waals surface area contributed by atoms with Gasteiger partial charge in [-0.25, -0.2) is 0 Å². The van der Waals surface area contributed by atoms with Crippen LogP contribution in [0.2, 0.25) is 0 Å². The van der Waals surface area contributed by atoms with Crippen LogP contribution >= 0.6 is 0 Å². The zero-order valence-electron chi connectivity index (χ0n) is 7.85. The fourth-order valence-corrected chi connectivity index (χ4v) is 0.902. The highest BCUT2D eigenvalue weighted by atomic mass is 16.3. The van der Waals surface area contributed by atoms with Crippen LogP contribution in [0.3, 0.4) is 0 Å². The SMILES string of the molecule is [CH2]C=C(C)CCCC(C)(C)O. The third kappa shape index (κ3) is 7.60. The van der Waals surface area contributed by atoms with Gasteiger partial charge in [0.2, 0.25) is 0 Å². The third-order valence-electron chi connectivity index (χ3n) is 1.71. The molecule has 0 spiro atoms. The smallest absolute Gasteiger partial charge is 0.0591 e. The second-order valence-electron chi connectivity index (χ2n) is 3.72. The fraction of sp³-hybridized carbons (Fsp3) is 0.700. The van der Waals surface area contributed by atoms with Crippen molar-refractivity contribution in [3.63, 3.8) is 0 Å². The fourth-order valence-electron chi connectivity index (χ4n) is 0.902. The summed E-state index contributed by atoms with van der Waals surface area (Å²) in [4.78, 5) is 0. The second-order valence-corrected chi connectivity index (χ2v) is 3.72. The molecule has 0 rings (SSSR count). The van der Waals surface area contributed by atoms with E-state index in [9.17, 15) is 5.11 Å². The van der Waals surface area contributed by atoms with E-state index in [0.717, 1.165) is 19.3 Å². The number of rotatable bonds is 4. The molecule has 1 radical (unpaired) electrons. The van der Waals surface area contributed by atoms with Gasteiger partial charge in [-0.1, -0.05) is 11.6 Å². The van der Waals surface area contributed by atoms with E-state index in [1.54, 1.807) is 0 Å². The maximum absolute atomic E-state index is 9.37. The highest BCUT2D eigenvalue weighted by Gasteiger charge is 2.10. The summed E-state index contributed by atoms with van der Waals surface area (Å²) in [7, 11) is 0. The number of hydrogen-bond acceptors (Lipinski definition) is 1. The minimum atomic E-state index is -0.512. The van der Waals surface area contributed by atoms with Crippen LogP contribution in [-0.2, 0) is 0 Å².